The third kappa shape index (κ3) is 3.48. The SMILES string of the molecule is COC(=O)C(O)C(C)(Oc1ccc(Br)cc1)c1ccccc1. The van der Waals surface area contributed by atoms with Crippen LogP contribution in [0.1, 0.15) is 12.5 Å². The van der Waals surface area contributed by atoms with Crippen LogP contribution >= 0.6 is 15.9 Å². The van der Waals surface area contributed by atoms with Crippen molar-refractivity contribution >= 4 is 21.9 Å². The van der Waals surface area contributed by atoms with Gasteiger partial charge in [-0.15, -0.1) is 0 Å². The molecule has 5 heteroatoms. The third-order valence-corrected chi connectivity index (χ3v) is 3.97. The van der Waals surface area contributed by atoms with E-state index < -0.39 is 17.7 Å². The van der Waals surface area contributed by atoms with Crippen LogP contribution in [0.5, 0.6) is 5.75 Å². The number of aliphatic hydroxyl groups excluding tert-OH is 1. The van der Waals surface area contributed by atoms with Crippen LogP contribution in [0, 0.1) is 0 Å². The summed E-state index contributed by atoms with van der Waals surface area (Å²) in [6, 6.07) is 16.3. The molecule has 0 spiro atoms. The summed E-state index contributed by atoms with van der Waals surface area (Å²) in [5.74, 6) is -0.207. The molecule has 2 unspecified atom stereocenters. The Morgan fingerprint density at radius 3 is 2.27 bits per heavy atom. The average molecular weight is 365 g/mol. The van der Waals surface area contributed by atoms with E-state index in [0.717, 1.165) is 4.47 Å². The summed E-state index contributed by atoms with van der Waals surface area (Å²) < 4.78 is 11.5. The van der Waals surface area contributed by atoms with Crippen LogP contribution in [0.2, 0.25) is 0 Å². The van der Waals surface area contributed by atoms with Gasteiger partial charge in [-0.1, -0.05) is 46.3 Å². The highest BCUT2D eigenvalue weighted by Gasteiger charge is 2.42. The predicted octanol–water partition coefficient (Wildman–Crippen LogP) is 3.28. The van der Waals surface area contributed by atoms with E-state index >= 15 is 0 Å². The lowest BCUT2D eigenvalue weighted by atomic mass is 9.89. The van der Waals surface area contributed by atoms with Gasteiger partial charge < -0.3 is 14.6 Å². The molecule has 1 N–H and O–H groups in total. The van der Waals surface area contributed by atoms with Crippen molar-refractivity contribution in [2.45, 2.75) is 18.6 Å². The zero-order valence-corrected chi connectivity index (χ0v) is 13.9. The number of carbonyl (C=O) groups excluding carboxylic acids is 1. The zero-order chi connectivity index (χ0) is 16.2. The normalized spacial score (nSPS) is 14.7. The van der Waals surface area contributed by atoms with E-state index in [-0.39, 0.29) is 0 Å². The number of aliphatic hydroxyl groups is 1. The van der Waals surface area contributed by atoms with Crippen molar-refractivity contribution in [1.29, 1.82) is 0 Å². The van der Waals surface area contributed by atoms with Gasteiger partial charge in [0.25, 0.3) is 0 Å². The molecule has 0 heterocycles. The van der Waals surface area contributed by atoms with Crippen LogP contribution in [0.3, 0.4) is 0 Å². The number of hydrogen-bond acceptors (Lipinski definition) is 4. The van der Waals surface area contributed by atoms with Crippen molar-refractivity contribution in [2.24, 2.45) is 0 Å². The molecule has 4 nitrogen and oxygen atoms in total. The van der Waals surface area contributed by atoms with Gasteiger partial charge in [0.15, 0.2) is 11.7 Å². The summed E-state index contributed by atoms with van der Waals surface area (Å²) >= 11 is 3.35. The van der Waals surface area contributed by atoms with Crippen LogP contribution < -0.4 is 4.74 Å². The summed E-state index contributed by atoms with van der Waals surface area (Å²) in [6.07, 6.45) is -1.46. The average Bonchev–Trinajstić information content (AvgIpc) is 2.56. The molecule has 116 valence electrons. The van der Waals surface area contributed by atoms with Crippen LogP contribution in [-0.2, 0) is 15.1 Å². The maximum atomic E-state index is 11.8. The van der Waals surface area contributed by atoms with E-state index in [1.807, 2.05) is 30.3 Å². The van der Waals surface area contributed by atoms with E-state index in [9.17, 15) is 9.90 Å². The van der Waals surface area contributed by atoms with Crippen molar-refractivity contribution in [3.63, 3.8) is 0 Å². The number of carbonyl (C=O) groups is 1. The second kappa shape index (κ2) is 6.94. The van der Waals surface area contributed by atoms with Crippen molar-refractivity contribution in [2.75, 3.05) is 7.11 Å². The van der Waals surface area contributed by atoms with Crippen LogP contribution in [-0.4, -0.2) is 24.3 Å². The molecule has 0 aromatic heterocycles. The molecule has 2 atom stereocenters. The quantitative estimate of drug-likeness (QED) is 0.827. The Labute approximate surface area is 137 Å². The highest BCUT2D eigenvalue weighted by atomic mass is 79.9. The van der Waals surface area contributed by atoms with E-state index in [0.29, 0.717) is 11.3 Å². The first-order valence-corrected chi connectivity index (χ1v) is 7.52. The fourth-order valence-corrected chi connectivity index (χ4v) is 2.39. The molecule has 0 bridgehead atoms. The van der Waals surface area contributed by atoms with Gasteiger partial charge in [-0.05, 0) is 36.8 Å². The lowest BCUT2D eigenvalue weighted by Crippen LogP contribution is -2.47. The summed E-state index contributed by atoms with van der Waals surface area (Å²) in [4.78, 5) is 11.8. The Morgan fingerprint density at radius 2 is 1.73 bits per heavy atom. The van der Waals surface area contributed by atoms with Crippen molar-refractivity contribution in [1.82, 2.24) is 0 Å². The molecule has 22 heavy (non-hydrogen) atoms. The fraction of sp³-hybridized carbons (Fsp3) is 0.235. The summed E-state index contributed by atoms with van der Waals surface area (Å²) in [7, 11) is 1.23. The first-order chi connectivity index (χ1) is 10.5. The number of esters is 1. The topological polar surface area (TPSA) is 55.8 Å². The Bertz CT molecular complexity index is 627. The smallest absolute Gasteiger partial charge is 0.339 e. The predicted molar refractivity (Wildman–Crippen MR) is 86.6 cm³/mol. The summed E-state index contributed by atoms with van der Waals surface area (Å²) in [5.41, 5.74) is -0.585. The van der Waals surface area contributed by atoms with Gasteiger partial charge in [-0.2, -0.15) is 0 Å². The first kappa shape index (κ1) is 16.5. The Hall–Kier alpha value is -1.85. The third-order valence-electron chi connectivity index (χ3n) is 3.44. The largest absolute Gasteiger partial charge is 0.479 e. The van der Waals surface area contributed by atoms with E-state index in [1.165, 1.54) is 7.11 Å². The van der Waals surface area contributed by atoms with Gasteiger partial charge in [0, 0.05) is 4.47 Å². The van der Waals surface area contributed by atoms with Gasteiger partial charge in [0.2, 0.25) is 0 Å². The van der Waals surface area contributed by atoms with E-state index in [2.05, 4.69) is 20.7 Å². The summed E-state index contributed by atoms with van der Waals surface area (Å²) in [5, 5.41) is 10.4. The van der Waals surface area contributed by atoms with Gasteiger partial charge in [0.05, 0.1) is 7.11 Å². The lowest BCUT2D eigenvalue weighted by molar-refractivity contribution is -0.163. The summed E-state index contributed by atoms with van der Waals surface area (Å²) in [6.45, 7) is 1.66. The van der Waals surface area contributed by atoms with Crippen molar-refractivity contribution < 1.29 is 19.4 Å². The fourth-order valence-electron chi connectivity index (χ4n) is 2.13. The monoisotopic (exact) mass is 364 g/mol. The molecule has 0 amide bonds. The minimum atomic E-state index is -1.46. The van der Waals surface area contributed by atoms with Crippen molar-refractivity contribution in [3.8, 4) is 5.75 Å². The highest BCUT2D eigenvalue weighted by molar-refractivity contribution is 9.10. The van der Waals surface area contributed by atoms with Gasteiger partial charge >= 0.3 is 5.97 Å². The molecule has 0 saturated carbocycles. The minimum absolute atomic E-state index is 0.539. The molecule has 2 aromatic rings. The Morgan fingerprint density at radius 1 is 1.14 bits per heavy atom. The highest BCUT2D eigenvalue weighted by Crippen LogP contribution is 2.32. The number of methoxy groups -OCH3 is 1. The number of rotatable bonds is 5. The minimum Gasteiger partial charge on any atom is -0.479 e. The number of halogens is 1. The van der Waals surface area contributed by atoms with Crippen LogP contribution in [0.25, 0.3) is 0 Å². The first-order valence-electron chi connectivity index (χ1n) is 6.73. The van der Waals surface area contributed by atoms with Crippen molar-refractivity contribution in [3.05, 3.63) is 64.6 Å². The molecule has 2 aromatic carbocycles. The molecule has 0 radical (unpaired) electrons. The Balaban J connectivity index is 2.41. The number of hydrogen-bond donors (Lipinski definition) is 1. The van der Waals surface area contributed by atoms with Crippen LogP contribution in [0.15, 0.2) is 59.1 Å². The molecule has 0 aliphatic rings. The maximum Gasteiger partial charge on any atom is 0.339 e. The van der Waals surface area contributed by atoms with Crippen LogP contribution in [0.4, 0.5) is 0 Å². The molecular weight excluding hydrogens is 348 g/mol. The number of ether oxygens (including phenoxy) is 2. The second-order valence-electron chi connectivity index (χ2n) is 4.95. The van der Waals surface area contributed by atoms with Gasteiger partial charge in [-0.25, -0.2) is 4.79 Å². The van der Waals surface area contributed by atoms with Gasteiger partial charge in [0.1, 0.15) is 5.75 Å². The Kier molecular flexibility index (Phi) is 5.21. The zero-order valence-electron chi connectivity index (χ0n) is 12.3. The number of benzene rings is 2. The second-order valence-corrected chi connectivity index (χ2v) is 5.87. The maximum absolute atomic E-state index is 11.8. The van der Waals surface area contributed by atoms with Gasteiger partial charge in [-0.3, -0.25) is 0 Å². The molecule has 0 saturated heterocycles. The standard InChI is InChI=1S/C17H17BrO4/c1-17(15(19)16(20)21-2,12-6-4-3-5-7-12)22-14-10-8-13(18)9-11-14/h3-11,15,19H,1-2H3. The molecule has 0 fully saturated rings. The molecular formula is C17H17BrO4. The van der Waals surface area contributed by atoms with E-state index in [1.54, 1.807) is 31.2 Å². The lowest BCUT2D eigenvalue weighted by Gasteiger charge is -2.34. The molecule has 2 rings (SSSR count). The molecule has 0 aliphatic heterocycles. The van der Waals surface area contributed by atoms with E-state index in [4.69, 9.17) is 4.74 Å². The molecule has 0 aliphatic carbocycles.